The van der Waals surface area contributed by atoms with Gasteiger partial charge in [0.05, 0.1) is 11.0 Å². The van der Waals surface area contributed by atoms with Gasteiger partial charge in [-0.25, -0.2) is 8.42 Å². The van der Waals surface area contributed by atoms with Gasteiger partial charge in [0.25, 0.3) is 0 Å². The van der Waals surface area contributed by atoms with E-state index in [-0.39, 0.29) is 4.90 Å². The number of hydrogen-bond acceptors (Lipinski definition) is 3. The molecule has 2 rings (SSSR count). The molecule has 0 unspecified atom stereocenters. The van der Waals surface area contributed by atoms with Gasteiger partial charge in [-0.3, -0.25) is 0 Å². The van der Waals surface area contributed by atoms with E-state index in [0.717, 1.165) is 0 Å². The summed E-state index contributed by atoms with van der Waals surface area (Å²) in [5.41, 5.74) is 0. The Morgan fingerprint density at radius 3 is 2.42 bits per heavy atom. The molecule has 1 aromatic rings. The molecule has 19 heavy (non-hydrogen) atoms. The third-order valence-electron chi connectivity index (χ3n) is 3.97. The van der Waals surface area contributed by atoms with Gasteiger partial charge in [0.15, 0.2) is 14.6 Å². The molecule has 0 amide bonds. The lowest BCUT2D eigenvalue weighted by molar-refractivity contribution is 0.198. The van der Waals surface area contributed by atoms with Crippen molar-refractivity contribution in [2.24, 2.45) is 11.8 Å². The van der Waals surface area contributed by atoms with Crippen molar-refractivity contribution in [3.05, 3.63) is 28.7 Å². The van der Waals surface area contributed by atoms with E-state index in [1.54, 1.807) is 24.3 Å². The van der Waals surface area contributed by atoms with Gasteiger partial charge in [-0.2, -0.15) is 5.26 Å². The van der Waals surface area contributed by atoms with Crippen molar-refractivity contribution in [1.29, 1.82) is 5.26 Å². The third-order valence-corrected chi connectivity index (χ3v) is 7.31. The lowest BCUT2D eigenvalue weighted by Gasteiger charge is -2.43. The summed E-state index contributed by atoms with van der Waals surface area (Å²) in [6.45, 7) is 4.13. The number of nitrogens with zero attached hydrogens (tertiary/aromatic N) is 1. The predicted octanol–water partition coefficient (Wildman–Crippen LogP) is 3.55. The average molecular weight is 342 g/mol. The topological polar surface area (TPSA) is 57.9 Å². The summed E-state index contributed by atoms with van der Waals surface area (Å²) < 4.78 is 24.7. The Bertz CT molecular complexity index is 625. The van der Waals surface area contributed by atoms with Crippen molar-refractivity contribution in [2.75, 3.05) is 0 Å². The maximum Gasteiger partial charge on any atom is 0.198 e. The molecule has 5 heteroatoms. The van der Waals surface area contributed by atoms with Gasteiger partial charge in [0.2, 0.25) is 0 Å². The first-order valence-corrected chi connectivity index (χ1v) is 8.52. The summed E-state index contributed by atoms with van der Waals surface area (Å²) in [5.74, 6) is 0.729. The number of sulfone groups is 1. The first-order valence-electron chi connectivity index (χ1n) is 6.24. The highest BCUT2D eigenvalue weighted by Gasteiger charge is 2.56. The van der Waals surface area contributed by atoms with E-state index >= 15 is 0 Å². The maximum absolute atomic E-state index is 12.7. The Kier molecular flexibility index (Phi) is 3.76. The highest BCUT2D eigenvalue weighted by atomic mass is 79.9. The van der Waals surface area contributed by atoms with Crippen LogP contribution in [0.3, 0.4) is 0 Å². The van der Waals surface area contributed by atoms with Crippen LogP contribution >= 0.6 is 15.9 Å². The molecule has 0 spiro atoms. The Labute approximate surface area is 122 Å². The maximum atomic E-state index is 12.7. The molecule has 0 saturated heterocycles. The Hall–Kier alpha value is -0.860. The minimum atomic E-state index is -3.62. The molecular weight excluding hydrogens is 326 g/mol. The van der Waals surface area contributed by atoms with E-state index in [0.29, 0.717) is 29.2 Å². The molecule has 0 heterocycles. The largest absolute Gasteiger partial charge is 0.222 e. The smallest absolute Gasteiger partial charge is 0.198 e. The zero-order valence-electron chi connectivity index (χ0n) is 10.9. The zero-order chi connectivity index (χ0) is 14.3. The van der Waals surface area contributed by atoms with Gasteiger partial charge in [0.1, 0.15) is 0 Å². The zero-order valence-corrected chi connectivity index (χ0v) is 13.3. The molecule has 0 aromatic heterocycles. The van der Waals surface area contributed by atoms with Gasteiger partial charge in [0, 0.05) is 4.47 Å². The summed E-state index contributed by atoms with van der Waals surface area (Å²) >= 11 is 3.26. The summed E-state index contributed by atoms with van der Waals surface area (Å²) in [7, 11) is -3.62. The highest BCUT2D eigenvalue weighted by molar-refractivity contribution is 9.10. The van der Waals surface area contributed by atoms with Gasteiger partial charge in [-0.1, -0.05) is 26.0 Å². The lowest BCUT2D eigenvalue weighted by Crippen LogP contribution is -2.50. The highest BCUT2D eigenvalue weighted by Crippen LogP contribution is 2.49. The quantitative estimate of drug-likeness (QED) is 0.844. The molecule has 0 N–H and O–H groups in total. The van der Waals surface area contributed by atoms with Crippen LogP contribution in [0.15, 0.2) is 33.6 Å². The molecular formula is C14H16BrNO2S. The fourth-order valence-electron chi connectivity index (χ4n) is 2.50. The molecule has 1 fully saturated rings. The normalized spacial score (nSPS) is 26.8. The Balaban J connectivity index is 2.41. The van der Waals surface area contributed by atoms with Gasteiger partial charge < -0.3 is 0 Å². The van der Waals surface area contributed by atoms with Crippen LogP contribution in [0, 0.1) is 23.2 Å². The lowest BCUT2D eigenvalue weighted by atomic mass is 9.69. The van der Waals surface area contributed by atoms with Crippen molar-refractivity contribution < 1.29 is 8.42 Å². The molecule has 0 aliphatic heterocycles. The first kappa shape index (κ1) is 14.5. The van der Waals surface area contributed by atoms with Crippen LogP contribution in [-0.4, -0.2) is 13.2 Å². The molecule has 1 saturated carbocycles. The van der Waals surface area contributed by atoms with E-state index < -0.39 is 14.6 Å². The molecule has 0 radical (unpaired) electrons. The Morgan fingerprint density at radius 1 is 1.37 bits per heavy atom. The number of rotatable bonds is 3. The van der Waals surface area contributed by atoms with Crippen molar-refractivity contribution in [1.82, 2.24) is 0 Å². The molecule has 1 aliphatic carbocycles. The summed E-state index contributed by atoms with van der Waals surface area (Å²) in [6.07, 6.45) is 0.871. The van der Waals surface area contributed by atoms with Crippen LogP contribution in [0.5, 0.6) is 0 Å². The van der Waals surface area contributed by atoms with Gasteiger partial charge in [-0.15, -0.1) is 0 Å². The summed E-state index contributed by atoms with van der Waals surface area (Å²) in [6, 6.07) is 8.75. The van der Waals surface area contributed by atoms with Crippen LogP contribution in [0.25, 0.3) is 0 Å². The second-order valence-electron chi connectivity index (χ2n) is 5.45. The molecule has 102 valence electrons. The van der Waals surface area contributed by atoms with E-state index in [1.807, 2.05) is 0 Å². The van der Waals surface area contributed by atoms with Crippen LogP contribution < -0.4 is 0 Å². The van der Waals surface area contributed by atoms with E-state index in [4.69, 9.17) is 0 Å². The summed E-state index contributed by atoms with van der Waals surface area (Å²) in [4.78, 5) is 0.221. The fourth-order valence-corrected chi connectivity index (χ4v) is 5.42. The minimum absolute atomic E-state index is 0.221. The predicted molar refractivity (Wildman–Crippen MR) is 77.2 cm³/mol. The molecule has 3 nitrogen and oxygen atoms in total. The number of nitriles is 1. The van der Waals surface area contributed by atoms with Crippen molar-refractivity contribution in [2.45, 2.75) is 36.3 Å². The number of hydrogen-bond donors (Lipinski definition) is 0. The van der Waals surface area contributed by atoms with Crippen LogP contribution in [-0.2, 0) is 9.84 Å². The Morgan fingerprint density at radius 2 is 1.95 bits per heavy atom. The van der Waals surface area contributed by atoms with Crippen molar-refractivity contribution in [3.8, 4) is 6.07 Å². The molecule has 0 atom stereocenters. The third kappa shape index (κ3) is 2.21. The summed E-state index contributed by atoms with van der Waals surface area (Å²) in [5, 5.41) is 9.38. The van der Waals surface area contributed by atoms with E-state index in [1.165, 1.54) is 0 Å². The van der Waals surface area contributed by atoms with Gasteiger partial charge in [-0.05, 0) is 52.7 Å². The second kappa shape index (κ2) is 4.92. The van der Waals surface area contributed by atoms with Crippen LogP contribution in [0.2, 0.25) is 0 Å². The molecule has 0 bridgehead atoms. The fraction of sp³-hybridized carbons (Fsp3) is 0.500. The average Bonchev–Trinajstić information content (AvgIpc) is 2.27. The van der Waals surface area contributed by atoms with Crippen LogP contribution in [0.1, 0.15) is 26.7 Å². The second-order valence-corrected chi connectivity index (χ2v) is 8.53. The van der Waals surface area contributed by atoms with Crippen molar-refractivity contribution in [3.63, 3.8) is 0 Å². The molecule has 1 aliphatic rings. The standard InChI is InChI=1S/C14H16BrNO2S/c1-10(2)11-7-14(8-11,9-16)19(17,18)13-6-4-3-5-12(13)15/h3-6,10-11H,7-8H2,1-2H3. The molecule has 1 aromatic carbocycles. The van der Waals surface area contributed by atoms with E-state index in [9.17, 15) is 13.7 Å². The first-order chi connectivity index (χ1) is 8.84. The minimum Gasteiger partial charge on any atom is -0.222 e. The van der Waals surface area contributed by atoms with E-state index in [2.05, 4.69) is 35.8 Å². The SMILES string of the molecule is CC(C)C1CC(C#N)(S(=O)(=O)c2ccccc2Br)C1. The monoisotopic (exact) mass is 341 g/mol. The van der Waals surface area contributed by atoms with Crippen LogP contribution in [0.4, 0.5) is 0 Å². The van der Waals surface area contributed by atoms with Crippen molar-refractivity contribution >= 4 is 25.8 Å². The number of halogens is 1. The number of benzene rings is 1. The van der Waals surface area contributed by atoms with Gasteiger partial charge >= 0.3 is 0 Å².